The first kappa shape index (κ1) is 19.2. The van der Waals surface area contributed by atoms with Crippen LogP contribution in [0.4, 0.5) is 0 Å². The van der Waals surface area contributed by atoms with Gasteiger partial charge in [0.05, 0.1) is 4.53 Å². The van der Waals surface area contributed by atoms with E-state index in [1.165, 1.54) is 11.3 Å². The van der Waals surface area contributed by atoms with E-state index in [0.29, 0.717) is 21.9 Å². The number of rotatable bonds is 5. The topological polar surface area (TPSA) is 56.5 Å². The van der Waals surface area contributed by atoms with Gasteiger partial charge in [0.1, 0.15) is 12.4 Å². The lowest BCUT2D eigenvalue weighted by Gasteiger charge is -2.08. The first-order valence-corrected chi connectivity index (χ1v) is 10.7. The summed E-state index contributed by atoms with van der Waals surface area (Å²) in [4.78, 5) is 13.8. The van der Waals surface area contributed by atoms with Gasteiger partial charge >= 0.3 is 0 Å². The highest BCUT2D eigenvalue weighted by Crippen LogP contribution is 2.21. The van der Waals surface area contributed by atoms with Crippen LogP contribution in [-0.2, 0) is 6.61 Å². The van der Waals surface area contributed by atoms with Crippen LogP contribution in [0.15, 0.2) is 83.7 Å². The predicted octanol–water partition coefficient (Wildman–Crippen LogP) is 4.25. The molecule has 0 amide bonds. The standard InChI is InChI=1S/C25H19N3O2S/c1-17-8-7-12-20(14-17)23-26-27-25-28(23)24(29)22(31-25)15-19-11-5-6-13-21(19)30-16-18-9-3-2-4-10-18/h2-15H,16H2,1H3/b22-15-. The Morgan fingerprint density at radius 1 is 0.968 bits per heavy atom. The minimum Gasteiger partial charge on any atom is -0.488 e. The molecule has 5 rings (SSSR count). The molecule has 0 saturated carbocycles. The van der Waals surface area contributed by atoms with Gasteiger partial charge in [-0.25, -0.2) is 4.40 Å². The molecule has 0 radical (unpaired) electrons. The molecule has 0 saturated heterocycles. The maximum Gasteiger partial charge on any atom is 0.276 e. The molecule has 0 N–H and O–H groups in total. The summed E-state index contributed by atoms with van der Waals surface area (Å²) in [6.45, 7) is 2.48. The molecule has 0 fully saturated rings. The fourth-order valence-corrected chi connectivity index (χ4v) is 4.34. The fraction of sp³-hybridized carbons (Fsp3) is 0.0800. The van der Waals surface area contributed by atoms with Gasteiger partial charge < -0.3 is 4.74 Å². The van der Waals surface area contributed by atoms with E-state index >= 15 is 0 Å². The van der Waals surface area contributed by atoms with Gasteiger partial charge in [0, 0.05) is 11.1 Å². The Kier molecular flexibility index (Phi) is 5.06. The summed E-state index contributed by atoms with van der Waals surface area (Å²) in [5.41, 5.74) is 3.79. The van der Waals surface area contributed by atoms with Gasteiger partial charge in [-0.15, -0.1) is 10.2 Å². The highest BCUT2D eigenvalue weighted by atomic mass is 32.1. The zero-order valence-electron chi connectivity index (χ0n) is 16.9. The zero-order chi connectivity index (χ0) is 21.2. The van der Waals surface area contributed by atoms with E-state index in [9.17, 15) is 4.79 Å². The summed E-state index contributed by atoms with van der Waals surface area (Å²) in [6.07, 6.45) is 1.86. The first-order chi connectivity index (χ1) is 15.2. The van der Waals surface area contributed by atoms with Crippen LogP contribution >= 0.6 is 11.3 Å². The van der Waals surface area contributed by atoms with E-state index in [1.54, 1.807) is 4.40 Å². The van der Waals surface area contributed by atoms with Gasteiger partial charge in [0.15, 0.2) is 5.82 Å². The van der Waals surface area contributed by atoms with Crippen LogP contribution in [0.5, 0.6) is 5.75 Å². The quantitative estimate of drug-likeness (QED) is 0.422. The Bertz CT molecular complexity index is 1470. The van der Waals surface area contributed by atoms with Crippen LogP contribution in [-0.4, -0.2) is 14.6 Å². The molecular weight excluding hydrogens is 406 g/mol. The molecule has 31 heavy (non-hydrogen) atoms. The van der Waals surface area contributed by atoms with E-state index < -0.39 is 0 Å². The molecule has 152 valence electrons. The molecule has 0 spiro atoms. The molecule has 0 aliphatic rings. The summed E-state index contributed by atoms with van der Waals surface area (Å²) in [6, 6.07) is 25.6. The number of ether oxygens (including phenoxy) is 1. The van der Waals surface area contributed by atoms with E-state index in [2.05, 4.69) is 10.2 Å². The number of aromatic nitrogens is 3. The minimum atomic E-state index is -0.126. The third-order valence-electron chi connectivity index (χ3n) is 4.97. The number of fused-ring (bicyclic) bond motifs is 1. The van der Waals surface area contributed by atoms with Crippen molar-refractivity contribution in [1.29, 1.82) is 0 Å². The van der Waals surface area contributed by atoms with Crippen molar-refractivity contribution in [3.05, 3.63) is 110 Å². The van der Waals surface area contributed by atoms with Crippen molar-refractivity contribution < 1.29 is 4.74 Å². The normalized spacial score (nSPS) is 11.8. The van der Waals surface area contributed by atoms with E-state index in [0.717, 1.165) is 28.0 Å². The molecule has 5 aromatic rings. The Balaban J connectivity index is 1.54. The number of benzene rings is 3. The fourth-order valence-electron chi connectivity index (χ4n) is 3.44. The van der Waals surface area contributed by atoms with Crippen molar-refractivity contribution in [2.24, 2.45) is 0 Å². The lowest BCUT2D eigenvalue weighted by molar-refractivity contribution is 0.305. The van der Waals surface area contributed by atoms with Crippen LogP contribution < -0.4 is 14.8 Å². The highest BCUT2D eigenvalue weighted by Gasteiger charge is 2.14. The van der Waals surface area contributed by atoms with Crippen molar-refractivity contribution in [3.63, 3.8) is 0 Å². The molecule has 0 aliphatic carbocycles. The predicted molar refractivity (Wildman–Crippen MR) is 123 cm³/mol. The smallest absolute Gasteiger partial charge is 0.276 e. The average molecular weight is 426 g/mol. The Labute approximate surface area is 182 Å². The molecule has 0 unspecified atom stereocenters. The van der Waals surface area contributed by atoms with Crippen molar-refractivity contribution >= 4 is 22.4 Å². The molecule has 2 aromatic heterocycles. The second-order valence-corrected chi connectivity index (χ2v) is 8.25. The number of hydrogen-bond donors (Lipinski definition) is 0. The Morgan fingerprint density at radius 2 is 1.77 bits per heavy atom. The maximum atomic E-state index is 13.2. The summed E-state index contributed by atoms with van der Waals surface area (Å²) in [5.74, 6) is 1.29. The highest BCUT2D eigenvalue weighted by molar-refractivity contribution is 7.15. The van der Waals surface area contributed by atoms with Crippen LogP contribution in [0.25, 0.3) is 22.4 Å². The van der Waals surface area contributed by atoms with Crippen molar-refractivity contribution in [3.8, 4) is 17.1 Å². The van der Waals surface area contributed by atoms with Gasteiger partial charge in [0.25, 0.3) is 5.56 Å². The summed E-state index contributed by atoms with van der Waals surface area (Å²) in [5, 5.41) is 8.47. The third kappa shape index (κ3) is 3.85. The molecule has 0 aliphatic heterocycles. The number of nitrogens with zero attached hydrogens (tertiary/aromatic N) is 3. The second-order valence-electron chi connectivity index (χ2n) is 7.24. The minimum absolute atomic E-state index is 0.126. The van der Waals surface area contributed by atoms with Crippen LogP contribution in [0.2, 0.25) is 0 Å². The van der Waals surface area contributed by atoms with Gasteiger partial charge in [-0.05, 0) is 30.7 Å². The summed E-state index contributed by atoms with van der Waals surface area (Å²) >= 11 is 1.33. The molecule has 2 heterocycles. The Morgan fingerprint density at radius 3 is 2.61 bits per heavy atom. The van der Waals surface area contributed by atoms with E-state index in [1.807, 2.05) is 91.9 Å². The lowest BCUT2D eigenvalue weighted by Crippen LogP contribution is -2.23. The van der Waals surface area contributed by atoms with Crippen molar-refractivity contribution in [2.45, 2.75) is 13.5 Å². The molecule has 5 nitrogen and oxygen atoms in total. The number of thiazole rings is 1. The van der Waals surface area contributed by atoms with Gasteiger partial charge in [-0.2, -0.15) is 0 Å². The Hall–Kier alpha value is -3.77. The molecule has 3 aromatic carbocycles. The number of para-hydroxylation sites is 1. The van der Waals surface area contributed by atoms with Crippen LogP contribution in [0.1, 0.15) is 16.7 Å². The monoisotopic (exact) mass is 425 g/mol. The molecule has 0 bridgehead atoms. The maximum absolute atomic E-state index is 13.2. The largest absolute Gasteiger partial charge is 0.488 e. The molecular formula is C25H19N3O2S. The first-order valence-electron chi connectivity index (χ1n) is 9.91. The van der Waals surface area contributed by atoms with E-state index in [-0.39, 0.29) is 5.56 Å². The summed E-state index contributed by atoms with van der Waals surface area (Å²) < 4.78 is 8.21. The van der Waals surface area contributed by atoms with Crippen molar-refractivity contribution in [1.82, 2.24) is 14.6 Å². The zero-order valence-corrected chi connectivity index (χ0v) is 17.7. The average Bonchev–Trinajstić information content (AvgIpc) is 3.34. The van der Waals surface area contributed by atoms with E-state index in [4.69, 9.17) is 4.74 Å². The SMILES string of the molecule is Cc1cccc(-c2nnc3s/c(=C\c4ccccc4OCc4ccccc4)c(=O)n23)c1. The summed E-state index contributed by atoms with van der Waals surface area (Å²) in [7, 11) is 0. The number of aryl methyl sites for hydroxylation is 1. The van der Waals surface area contributed by atoms with Crippen LogP contribution in [0.3, 0.4) is 0 Å². The third-order valence-corrected chi connectivity index (χ3v) is 5.93. The van der Waals surface area contributed by atoms with Crippen LogP contribution in [0, 0.1) is 6.92 Å². The van der Waals surface area contributed by atoms with Gasteiger partial charge in [0.2, 0.25) is 4.96 Å². The van der Waals surface area contributed by atoms with Gasteiger partial charge in [-0.3, -0.25) is 4.79 Å². The molecule has 6 heteroatoms. The second kappa shape index (κ2) is 8.16. The lowest BCUT2D eigenvalue weighted by atomic mass is 10.1. The number of hydrogen-bond acceptors (Lipinski definition) is 5. The van der Waals surface area contributed by atoms with Gasteiger partial charge in [-0.1, -0.05) is 83.6 Å². The van der Waals surface area contributed by atoms with Crippen molar-refractivity contribution in [2.75, 3.05) is 0 Å². The molecule has 0 atom stereocenters.